The van der Waals surface area contributed by atoms with Gasteiger partial charge in [0.2, 0.25) is 0 Å². The first-order valence-electron chi connectivity index (χ1n) is 8.43. The Labute approximate surface area is 172 Å². The molecule has 27 heavy (non-hydrogen) atoms. The van der Waals surface area contributed by atoms with Crippen molar-refractivity contribution in [2.45, 2.75) is 36.6 Å². The number of aromatic nitrogens is 3. The number of hydrogen-bond acceptors (Lipinski definition) is 6. The Morgan fingerprint density at radius 3 is 2.59 bits per heavy atom. The van der Waals surface area contributed by atoms with E-state index in [1.54, 1.807) is 11.8 Å². The van der Waals surface area contributed by atoms with Gasteiger partial charge in [-0.15, -0.1) is 23.5 Å². The van der Waals surface area contributed by atoms with Crippen LogP contribution >= 0.6 is 35.1 Å². The molecular formula is C19H22N4OS3. The van der Waals surface area contributed by atoms with Gasteiger partial charge in [0.15, 0.2) is 0 Å². The SMILES string of the molecule is CSc1nsc(SC)c1C(=O)Nc1c(C)nn(Cc2ccccc2C)c1C. The minimum atomic E-state index is -0.126. The summed E-state index contributed by atoms with van der Waals surface area (Å²) in [5.74, 6) is -0.126. The Kier molecular flexibility index (Phi) is 6.29. The zero-order chi connectivity index (χ0) is 19.6. The Morgan fingerprint density at radius 2 is 1.93 bits per heavy atom. The van der Waals surface area contributed by atoms with Gasteiger partial charge in [0.05, 0.1) is 33.4 Å². The highest BCUT2D eigenvalue weighted by molar-refractivity contribution is 8.01. The molecule has 2 heterocycles. The monoisotopic (exact) mass is 418 g/mol. The van der Waals surface area contributed by atoms with Gasteiger partial charge in [0.25, 0.3) is 5.91 Å². The third kappa shape index (κ3) is 4.07. The zero-order valence-corrected chi connectivity index (χ0v) is 18.4. The quantitative estimate of drug-likeness (QED) is 0.570. The van der Waals surface area contributed by atoms with Crippen LogP contribution in [0.4, 0.5) is 5.69 Å². The number of carbonyl (C=O) groups is 1. The average Bonchev–Trinajstić information content (AvgIpc) is 3.19. The summed E-state index contributed by atoms with van der Waals surface area (Å²) < 4.78 is 7.26. The van der Waals surface area contributed by atoms with Gasteiger partial charge in [-0.1, -0.05) is 24.3 Å². The molecule has 0 aliphatic rings. The van der Waals surface area contributed by atoms with Crippen LogP contribution in [0.1, 0.15) is 32.9 Å². The summed E-state index contributed by atoms with van der Waals surface area (Å²) in [5, 5.41) is 8.48. The Balaban J connectivity index is 1.88. The number of amides is 1. The largest absolute Gasteiger partial charge is 0.319 e. The van der Waals surface area contributed by atoms with Crippen LogP contribution in [0, 0.1) is 20.8 Å². The summed E-state index contributed by atoms with van der Waals surface area (Å²) in [6.07, 6.45) is 3.90. The number of anilines is 1. The normalized spacial score (nSPS) is 11.0. The standard InChI is InChI=1S/C19H22N4OS3/c1-11-8-6-7-9-14(11)10-23-13(3)16(12(2)21-23)20-17(24)15-18(25-4)22-27-19(15)26-5/h6-9H,10H2,1-5H3,(H,20,24). The lowest BCUT2D eigenvalue weighted by atomic mass is 10.1. The van der Waals surface area contributed by atoms with Crippen LogP contribution in [-0.2, 0) is 6.54 Å². The minimum Gasteiger partial charge on any atom is -0.319 e. The molecule has 2 aromatic heterocycles. The van der Waals surface area contributed by atoms with E-state index in [9.17, 15) is 4.79 Å². The molecule has 142 valence electrons. The Bertz CT molecular complexity index is 956. The summed E-state index contributed by atoms with van der Waals surface area (Å²) in [7, 11) is 0. The van der Waals surface area contributed by atoms with Crippen LogP contribution in [0.25, 0.3) is 0 Å². The van der Waals surface area contributed by atoms with E-state index in [2.05, 4.69) is 33.8 Å². The summed E-state index contributed by atoms with van der Waals surface area (Å²) >= 11 is 4.41. The van der Waals surface area contributed by atoms with E-state index in [1.807, 2.05) is 43.2 Å². The maximum Gasteiger partial charge on any atom is 0.260 e. The number of rotatable bonds is 6. The van der Waals surface area contributed by atoms with Gasteiger partial charge in [-0.05, 0) is 55.9 Å². The Hall–Kier alpha value is -1.77. The molecule has 0 radical (unpaired) electrons. The van der Waals surface area contributed by atoms with Gasteiger partial charge in [0.1, 0.15) is 5.03 Å². The van der Waals surface area contributed by atoms with Crippen molar-refractivity contribution in [3.63, 3.8) is 0 Å². The highest BCUT2D eigenvalue weighted by Gasteiger charge is 2.23. The third-order valence-corrected chi connectivity index (χ3v) is 7.18. The summed E-state index contributed by atoms with van der Waals surface area (Å²) in [6, 6.07) is 8.28. The molecule has 0 spiro atoms. The topological polar surface area (TPSA) is 59.8 Å². The molecule has 5 nitrogen and oxygen atoms in total. The Morgan fingerprint density at radius 1 is 1.19 bits per heavy atom. The molecule has 0 fully saturated rings. The van der Waals surface area contributed by atoms with E-state index < -0.39 is 0 Å². The second-order valence-corrected chi connectivity index (χ2v) is 8.79. The molecule has 1 amide bonds. The molecule has 0 atom stereocenters. The number of aryl methyl sites for hydroxylation is 2. The van der Waals surface area contributed by atoms with Gasteiger partial charge < -0.3 is 5.32 Å². The fraction of sp³-hybridized carbons (Fsp3) is 0.316. The first-order chi connectivity index (χ1) is 13.0. The smallest absolute Gasteiger partial charge is 0.260 e. The molecular weight excluding hydrogens is 396 g/mol. The van der Waals surface area contributed by atoms with Crippen molar-refractivity contribution in [2.24, 2.45) is 0 Å². The van der Waals surface area contributed by atoms with Gasteiger partial charge >= 0.3 is 0 Å². The molecule has 0 bridgehead atoms. The second-order valence-electron chi connectivity index (χ2n) is 6.14. The van der Waals surface area contributed by atoms with Gasteiger partial charge in [0, 0.05) is 0 Å². The molecule has 1 aromatic carbocycles. The van der Waals surface area contributed by atoms with Crippen LogP contribution in [0.2, 0.25) is 0 Å². The number of carbonyl (C=O) groups excluding carboxylic acids is 1. The minimum absolute atomic E-state index is 0.126. The fourth-order valence-electron chi connectivity index (χ4n) is 2.89. The lowest BCUT2D eigenvalue weighted by molar-refractivity contribution is 0.102. The molecule has 1 N–H and O–H groups in total. The first kappa shape index (κ1) is 20.0. The van der Waals surface area contributed by atoms with Crippen molar-refractivity contribution in [3.8, 4) is 0 Å². The van der Waals surface area contributed by atoms with Crippen molar-refractivity contribution in [1.82, 2.24) is 14.2 Å². The van der Waals surface area contributed by atoms with Gasteiger partial charge in [-0.2, -0.15) is 9.47 Å². The van der Waals surface area contributed by atoms with Crippen molar-refractivity contribution in [2.75, 3.05) is 17.8 Å². The average molecular weight is 419 g/mol. The summed E-state index contributed by atoms with van der Waals surface area (Å²) in [6.45, 7) is 6.70. The van der Waals surface area contributed by atoms with Crippen LogP contribution in [0.3, 0.4) is 0 Å². The number of benzene rings is 1. The van der Waals surface area contributed by atoms with Gasteiger partial charge in [-0.3, -0.25) is 9.48 Å². The maximum atomic E-state index is 13.0. The molecule has 3 rings (SSSR count). The molecule has 0 aliphatic heterocycles. The fourth-order valence-corrected chi connectivity index (χ4v) is 5.17. The molecule has 0 saturated heterocycles. The van der Waals surface area contributed by atoms with Crippen LogP contribution in [0.15, 0.2) is 33.5 Å². The second kappa shape index (κ2) is 8.50. The predicted molar refractivity (Wildman–Crippen MR) is 116 cm³/mol. The van der Waals surface area contributed by atoms with Crippen molar-refractivity contribution in [1.29, 1.82) is 0 Å². The highest BCUT2D eigenvalue weighted by Crippen LogP contribution is 2.33. The molecule has 3 aromatic rings. The highest BCUT2D eigenvalue weighted by atomic mass is 32.2. The van der Waals surface area contributed by atoms with E-state index in [-0.39, 0.29) is 5.91 Å². The lowest BCUT2D eigenvalue weighted by Crippen LogP contribution is -2.14. The molecule has 0 saturated carbocycles. The van der Waals surface area contributed by atoms with Crippen LogP contribution in [0.5, 0.6) is 0 Å². The van der Waals surface area contributed by atoms with E-state index >= 15 is 0 Å². The number of thioether (sulfide) groups is 2. The van der Waals surface area contributed by atoms with E-state index in [0.29, 0.717) is 12.1 Å². The summed E-state index contributed by atoms with van der Waals surface area (Å²) in [5.41, 5.74) is 5.65. The maximum absolute atomic E-state index is 13.0. The van der Waals surface area contributed by atoms with Crippen molar-refractivity contribution >= 4 is 46.7 Å². The van der Waals surface area contributed by atoms with Crippen molar-refractivity contribution < 1.29 is 4.79 Å². The predicted octanol–water partition coefficient (Wildman–Crippen LogP) is 5.01. The van der Waals surface area contributed by atoms with Crippen molar-refractivity contribution in [3.05, 3.63) is 52.3 Å². The first-order valence-corrected chi connectivity index (χ1v) is 11.7. The number of hydrogen-bond donors (Lipinski definition) is 1. The number of nitrogens with zero attached hydrogens (tertiary/aromatic N) is 3. The molecule has 8 heteroatoms. The third-order valence-electron chi connectivity index (χ3n) is 4.44. The number of nitrogens with one attached hydrogen (secondary N) is 1. The molecule has 0 aliphatic carbocycles. The van der Waals surface area contributed by atoms with E-state index in [1.165, 1.54) is 34.4 Å². The summed E-state index contributed by atoms with van der Waals surface area (Å²) in [4.78, 5) is 13.0. The zero-order valence-electron chi connectivity index (χ0n) is 16.0. The van der Waals surface area contributed by atoms with E-state index in [4.69, 9.17) is 0 Å². The van der Waals surface area contributed by atoms with Crippen LogP contribution < -0.4 is 5.32 Å². The van der Waals surface area contributed by atoms with E-state index in [0.717, 1.165) is 26.3 Å². The lowest BCUT2D eigenvalue weighted by Gasteiger charge is -2.09. The van der Waals surface area contributed by atoms with Crippen LogP contribution in [-0.4, -0.2) is 32.6 Å². The molecule has 0 unspecified atom stereocenters. The van der Waals surface area contributed by atoms with Gasteiger partial charge in [-0.25, -0.2) is 0 Å².